The third kappa shape index (κ3) is 7.19. The molecule has 8 nitrogen and oxygen atoms in total. The van der Waals surface area contributed by atoms with E-state index in [0.29, 0.717) is 64.4 Å². The summed E-state index contributed by atoms with van der Waals surface area (Å²) < 4.78 is 57.0. The molecule has 2 aromatic heterocycles. The Kier molecular flexibility index (Phi) is 10.2. The fourth-order valence-electron chi connectivity index (χ4n) is 7.85. The number of amides is 2. The molecule has 0 saturated carbocycles. The molecule has 2 saturated heterocycles. The number of benzene rings is 3. The van der Waals surface area contributed by atoms with Gasteiger partial charge in [-0.25, -0.2) is 17.6 Å². The molecule has 2 atom stereocenters. The van der Waals surface area contributed by atoms with Gasteiger partial charge in [-0.05, 0) is 107 Å². The lowest BCUT2D eigenvalue weighted by Gasteiger charge is -2.35. The first-order chi connectivity index (χ1) is 25.8. The highest BCUT2D eigenvalue weighted by Crippen LogP contribution is 2.37. The Morgan fingerprint density at radius 2 is 1.72 bits per heavy atom. The van der Waals surface area contributed by atoms with Crippen molar-refractivity contribution >= 4 is 28.4 Å². The maximum Gasteiger partial charge on any atom is 0.266 e. The largest absolute Gasteiger partial charge is 0.361 e. The number of aryl methyl sites for hydroxylation is 2. The number of aromatic nitrogens is 3. The van der Waals surface area contributed by atoms with Gasteiger partial charge in [0.25, 0.3) is 6.43 Å². The molecule has 54 heavy (non-hydrogen) atoms. The summed E-state index contributed by atoms with van der Waals surface area (Å²) in [6.07, 6.45) is 1.36. The number of pyridine rings is 1. The molecule has 0 unspecified atom stereocenters. The minimum absolute atomic E-state index is 0.0806. The number of hydrogen-bond acceptors (Lipinski definition) is 7. The highest BCUT2D eigenvalue weighted by molar-refractivity contribution is 6.03. The zero-order valence-electron chi connectivity index (χ0n) is 30.6. The van der Waals surface area contributed by atoms with Gasteiger partial charge in [0.1, 0.15) is 11.6 Å². The lowest BCUT2D eigenvalue weighted by atomic mass is 9.74. The number of imide groups is 1. The minimum Gasteiger partial charge on any atom is -0.361 e. The van der Waals surface area contributed by atoms with Crippen LogP contribution in [0.5, 0.6) is 0 Å². The van der Waals surface area contributed by atoms with E-state index >= 15 is 4.39 Å². The first-order valence-electron chi connectivity index (χ1n) is 18.2. The van der Waals surface area contributed by atoms with E-state index in [9.17, 15) is 22.8 Å². The molecule has 0 radical (unpaired) electrons. The molecule has 2 aliphatic rings. The highest BCUT2D eigenvalue weighted by Gasteiger charge is 2.40. The summed E-state index contributed by atoms with van der Waals surface area (Å²) in [5.74, 6) is -1.07. The summed E-state index contributed by atoms with van der Waals surface area (Å²) in [7, 11) is 0. The van der Waals surface area contributed by atoms with Crippen molar-refractivity contribution in [3.05, 3.63) is 118 Å². The maximum absolute atomic E-state index is 15.3. The lowest BCUT2D eigenvalue weighted by Crippen LogP contribution is -2.49. The molecule has 2 N–H and O–H groups in total. The van der Waals surface area contributed by atoms with E-state index in [1.165, 1.54) is 23.8 Å². The van der Waals surface area contributed by atoms with Crippen LogP contribution in [0.2, 0.25) is 0 Å². The molecule has 0 spiro atoms. The third-order valence-corrected chi connectivity index (χ3v) is 11.2. The van der Waals surface area contributed by atoms with Gasteiger partial charge in [-0.15, -0.1) is 5.10 Å². The van der Waals surface area contributed by atoms with Crippen LogP contribution in [0.1, 0.15) is 97.0 Å². The SMILES string of the molecule is Cc1cc([C@@]2(C)CCC(=O)NC2=O)ccc1C1CCN(Cc2cc(-c3cc4c(N[C@H](C)c5cccc(C(F)F)c5F)nnc(C)c4cn3)ccc2F)CC1. The van der Waals surface area contributed by atoms with Gasteiger partial charge in [0.05, 0.1) is 28.4 Å². The van der Waals surface area contributed by atoms with E-state index in [1.54, 1.807) is 26.1 Å². The molecule has 2 fully saturated rings. The van der Waals surface area contributed by atoms with E-state index in [-0.39, 0.29) is 23.2 Å². The predicted octanol–water partition coefficient (Wildman–Crippen LogP) is 8.77. The van der Waals surface area contributed by atoms with E-state index < -0.39 is 29.3 Å². The van der Waals surface area contributed by atoms with E-state index in [1.807, 2.05) is 25.1 Å². The normalized spacial score (nSPS) is 19.0. The number of alkyl halides is 2. The molecule has 2 amide bonds. The van der Waals surface area contributed by atoms with Crippen LogP contribution in [0.25, 0.3) is 22.0 Å². The van der Waals surface area contributed by atoms with Gasteiger partial charge in [0.15, 0.2) is 5.82 Å². The van der Waals surface area contributed by atoms with E-state index in [2.05, 4.69) is 49.8 Å². The Balaban J connectivity index is 1.06. The van der Waals surface area contributed by atoms with Gasteiger partial charge in [-0.1, -0.05) is 36.4 Å². The van der Waals surface area contributed by atoms with Gasteiger partial charge in [-0.3, -0.25) is 24.8 Å². The Hall–Kier alpha value is -5.23. The predicted molar refractivity (Wildman–Crippen MR) is 199 cm³/mol. The van der Waals surface area contributed by atoms with Gasteiger partial charge in [-0.2, -0.15) is 5.10 Å². The molecule has 4 heterocycles. The lowest BCUT2D eigenvalue weighted by molar-refractivity contribution is -0.137. The number of carbonyl (C=O) groups is 2. The van der Waals surface area contributed by atoms with E-state index in [0.717, 1.165) is 43.1 Å². The average molecular weight is 739 g/mol. The first-order valence-corrected chi connectivity index (χ1v) is 18.2. The van der Waals surface area contributed by atoms with Crippen LogP contribution in [0.3, 0.4) is 0 Å². The fourth-order valence-corrected chi connectivity index (χ4v) is 7.85. The van der Waals surface area contributed by atoms with Crippen LogP contribution >= 0.6 is 0 Å². The Morgan fingerprint density at radius 1 is 0.963 bits per heavy atom. The summed E-state index contributed by atoms with van der Waals surface area (Å²) in [4.78, 5) is 31.4. The van der Waals surface area contributed by atoms with Crippen LogP contribution in [0.4, 0.5) is 23.4 Å². The number of likely N-dealkylation sites (tertiary alicyclic amines) is 1. The molecule has 3 aromatic carbocycles. The van der Waals surface area contributed by atoms with Crippen LogP contribution in [0.15, 0.2) is 66.9 Å². The van der Waals surface area contributed by atoms with Crippen molar-refractivity contribution in [3.63, 3.8) is 0 Å². The number of anilines is 1. The molecule has 5 aromatic rings. The molecule has 0 bridgehead atoms. The van der Waals surface area contributed by atoms with Crippen molar-refractivity contribution in [2.24, 2.45) is 0 Å². The van der Waals surface area contributed by atoms with Crippen LogP contribution in [-0.2, 0) is 21.5 Å². The fraction of sp³-hybridized carbons (Fsp3) is 0.357. The Bertz CT molecular complexity index is 2260. The average Bonchev–Trinajstić information content (AvgIpc) is 3.15. The second kappa shape index (κ2) is 14.9. The van der Waals surface area contributed by atoms with Crippen molar-refractivity contribution in [2.75, 3.05) is 18.4 Å². The van der Waals surface area contributed by atoms with Crippen molar-refractivity contribution in [1.29, 1.82) is 0 Å². The van der Waals surface area contributed by atoms with Gasteiger partial charge < -0.3 is 5.32 Å². The molecule has 7 rings (SSSR count). The van der Waals surface area contributed by atoms with Crippen LogP contribution < -0.4 is 10.6 Å². The number of nitrogens with zero attached hydrogens (tertiary/aromatic N) is 4. The summed E-state index contributed by atoms with van der Waals surface area (Å²) in [5.41, 5.74) is 4.46. The van der Waals surface area contributed by atoms with Crippen molar-refractivity contribution in [3.8, 4) is 11.3 Å². The van der Waals surface area contributed by atoms with Gasteiger partial charge in [0.2, 0.25) is 11.8 Å². The number of halogens is 4. The number of rotatable bonds is 9. The van der Waals surface area contributed by atoms with Crippen molar-refractivity contribution in [1.82, 2.24) is 25.4 Å². The first kappa shape index (κ1) is 37.1. The summed E-state index contributed by atoms with van der Waals surface area (Å²) in [6.45, 7) is 9.44. The summed E-state index contributed by atoms with van der Waals surface area (Å²) >= 11 is 0. The number of hydrogen-bond donors (Lipinski definition) is 2. The third-order valence-electron chi connectivity index (χ3n) is 11.2. The second-order valence-electron chi connectivity index (χ2n) is 14.8. The number of nitrogens with one attached hydrogen (secondary N) is 2. The van der Waals surface area contributed by atoms with Crippen molar-refractivity contribution < 1.29 is 27.2 Å². The molecule has 12 heteroatoms. The molecular weight excluding hydrogens is 696 g/mol. The Labute approximate surface area is 311 Å². The highest BCUT2D eigenvalue weighted by atomic mass is 19.3. The quantitative estimate of drug-likeness (QED) is 0.115. The minimum atomic E-state index is -2.94. The molecular formula is C42H42F4N6O2. The summed E-state index contributed by atoms with van der Waals surface area (Å²) in [6, 6.07) is 16.2. The van der Waals surface area contributed by atoms with Gasteiger partial charge >= 0.3 is 0 Å². The number of fused-ring (bicyclic) bond motifs is 1. The van der Waals surface area contributed by atoms with Gasteiger partial charge in [0, 0.05) is 46.6 Å². The molecule has 2 aliphatic heterocycles. The standard InChI is InChI=1S/C42H42F4N6O2/c1-23-18-29(42(4)15-12-37(53)49-41(42)54)9-10-30(23)26-13-16-52(17-14-26)22-28-19-27(8-11-35(28)43)36-20-33-34(21-47-36)25(3)50-51-40(33)48-24(2)31-6-5-7-32(38(31)44)39(45)46/h5-11,18-21,24,26,39H,12-17,22H2,1-4H3,(H,48,51)(H,49,53,54)/t24-,42-/m1/s1. The second-order valence-corrected chi connectivity index (χ2v) is 14.8. The van der Waals surface area contributed by atoms with E-state index in [4.69, 9.17) is 0 Å². The molecule has 280 valence electrons. The van der Waals surface area contributed by atoms with Crippen molar-refractivity contribution in [2.45, 2.75) is 83.7 Å². The number of carbonyl (C=O) groups excluding carboxylic acids is 2. The van der Waals surface area contributed by atoms with Crippen LogP contribution in [-0.4, -0.2) is 45.0 Å². The zero-order chi connectivity index (χ0) is 38.3. The Morgan fingerprint density at radius 3 is 2.44 bits per heavy atom. The molecule has 0 aliphatic carbocycles. The van der Waals surface area contributed by atoms with Crippen LogP contribution in [0, 0.1) is 25.5 Å². The topological polar surface area (TPSA) is 100 Å². The smallest absolute Gasteiger partial charge is 0.266 e. The summed E-state index contributed by atoms with van der Waals surface area (Å²) in [5, 5.41) is 15.6. The number of piperidine rings is 2. The zero-order valence-corrected chi connectivity index (χ0v) is 30.6. The monoisotopic (exact) mass is 738 g/mol. The maximum atomic E-state index is 15.3.